The van der Waals surface area contributed by atoms with Gasteiger partial charge in [0.2, 0.25) is 5.91 Å². The van der Waals surface area contributed by atoms with Gasteiger partial charge in [-0.2, -0.15) is 26.3 Å². The van der Waals surface area contributed by atoms with Crippen LogP contribution in [0.3, 0.4) is 0 Å². The van der Waals surface area contributed by atoms with Crippen LogP contribution in [-0.2, 0) is 16.0 Å². The molecule has 0 unspecified atom stereocenters. The van der Waals surface area contributed by atoms with Gasteiger partial charge in [0, 0.05) is 55.8 Å². The van der Waals surface area contributed by atoms with Gasteiger partial charge in [-0.3, -0.25) is 24.4 Å². The highest BCUT2D eigenvalue weighted by atomic mass is 19.4. The summed E-state index contributed by atoms with van der Waals surface area (Å²) >= 11 is 0. The van der Waals surface area contributed by atoms with Crippen LogP contribution in [0.25, 0.3) is 32.8 Å². The van der Waals surface area contributed by atoms with E-state index in [1.807, 2.05) is 41.3 Å². The minimum absolute atomic E-state index is 0.0955. The molecular weight excluding hydrogens is 716 g/mol. The first-order valence-corrected chi connectivity index (χ1v) is 18.0. The van der Waals surface area contributed by atoms with Crippen molar-refractivity contribution < 1.29 is 45.8 Å². The van der Waals surface area contributed by atoms with Crippen LogP contribution in [0.2, 0.25) is 0 Å². The molecule has 1 aromatic heterocycles. The first-order valence-electron chi connectivity index (χ1n) is 18.0. The van der Waals surface area contributed by atoms with E-state index in [2.05, 4.69) is 10.2 Å². The molecule has 7 rings (SSSR count). The van der Waals surface area contributed by atoms with Crippen LogP contribution >= 0.6 is 0 Å². The quantitative estimate of drug-likeness (QED) is 0.194. The number of carboxylic acid groups (broad SMARTS) is 1. The van der Waals surface area contributed by atoms with Gasteiger partial charge in [0.15, 0.2) is 0 Å². The number of aliphatic carboxylic acids is 1. The van der Waals surface area contributed by atoms with Crippen LogP contribution in [0.5, 0.6) is 0 Å². The second kappa shape index (κ2) is 14.5. The van der Waals surface area contributed by atoms with Crippen molar-refractivity contribution in [1.29, 1.82) is 0 Å². The highest BCUT2D eigenvalue weighted by Gasteiger charge is 2.61. The van der Waals surface area contributed by atoms with Gasteiger partial charge in [-0.1, -0.05) is 60.7 Å². The zero-order chi connectivity index (χ0) is 38.4. The van der Waals surface area contributed by atoms with E-state index in [4.69, 9.17) is 4.98 Å². The Bertz CT molecular complexity index is 2070. The lowest BCUT2D eigenvalue weighted by molar-refractivity contribution is -0.236. The number of fused-ring (bicyclic) bond motifs is 2. The summed E-state index contributed by atoms with van der Waals surface area (Å²) < 4.78 is 82.1. The summed E-state index contributed by atoms with van der Waals surface area (Å²) in [6, 6.07) is 16.8. The van der Waals surface area contributed by atoms with Crippen molar-refractivity contribution in [2.45, 2.75) is 56.5 Å². The molecule has 3 heterocycles. The number of hydrogen-bond donors (Lipinski definition) is 2. The summed E-state index contributed by atoms with van der Waals surface area (Å²) in [6.07, 6.45) is -8.00. The SMILES string of the molecule is O=C(O)[C@H](Cc1cccc2c(-c3ncc(C(=O)N4CCN(C5CC5)CC4)c4ccccc34)cccc12)NC(=O)C1(C(F)(F)F)CCN(CC(F)(F)F)CC1. The molecule has 1 aliphatic carbocycles. The molecule has 2 N–H and O–H groups in total. The van der Waals surface area contributed by atoms with Gasteiger partial charge in [-0.05, 0) is 60.5 Å². The van der Waals surface area contributed by atoms with Gasteiger partial charge in [-0.25, -0.2) is 4.79 Å². The van der Waals surface area contributed by atoms with Gasteiger partial charge in [-0.15, -0.1) is 0 Å². The normalized spacial score (nSPS) is 19.2. The maximum Gasteiger partial charge on any atom is 0.403 e. The van der Waals surface area contributed by atoms with Crippen LogP contribution in [0.4, 0.5) is 26.3 Å². The van der Waals surface area contributed by atoms with E-state index in [9.17, 15) is 45.8 Å². The highest BCUT2D eigenvalue weighted by molar-refractivity contribution is 6.12. The predicted octanol–water partition coefficient (Wildman–Crippen LogP) is 6.29. The summed E-state index contributed by atoms with van der Waals surface area (Å²) in [7, 11) is 0. The molecule has 4 aromatic rings. The number of amides is 2. The van der Waals surface area contributed by atoms with E-state index >= 15 is 0 Å². The number of aromatic nitrogens is 1. The molecule has 9 nitrogen and oxygen atoms in total. The number of benzene rings is 3. The van der Waals surface area contributed by atoms with E-state index < -0.39 is 68.2 Å². The minimum Gasteiger partial charge on any atom is -0.480 e. The number of pyridine rings is 1. The van der Waals surface area contributed by atoms with Crippen molar-refractivity contribution in [3.05, 3.63) is 78.0 Å². The lowest BCUT2D eigenvalue weighted by Crippen LogP contribution is -2.59. The molecule has 3 aromatic carbocycles. The Morgan fingerprint density at radius 3 is 2.07 bits per heavy atom. The molecular formula is C39H39F6N5O4. The number of piperidine rings is 1. The number of hydrogen-bond acceptors (Lipinski definition) is 6. The molecule has 15 heteroatoms. The third kappa shape index (κ3) is 7.48. The number of carbonyl (C=O) groups excluding carboxylic acids is 2. The molecule has 2 saturated heterocycles. The molecule has 54 heavy (non-hydrogen) atoms. The summed E-state index contributed by atoms with van der Waals surface area (Å²) in [5.74, 6) is -3.24. The number of likely N-dealkylation sites (tertiary alicyclic amines) is 1. The van der Waals surface area contributed by atoms with Gasteiger partial charge in [0.25, 0.3) is 5.91 Å². The summed E-state index contributed by atoms with van der Waals surface area (Å²) in [5, 5.41) is 14.9. The Hall–Kier alpha value is -4.76. The third-order valence-corrected chi connectivity index (χ3v) is 11.1. The average molecular weight is 756 g/mol. The van der Waals surface area contributed by atoms with Crippen LogP contribution in [0.1, 0.15) is 41.6 Å². The minimum atomic E-state index is -5.13. The first-order chi connectivity index (χ1) is 25.6. The molecule has 1 saturated carbocycles. The number of carboxylic acids is 1. The topological polar surface area (TPSA) is 106 Å². The van der Waals surface area contributed by atoms with Crippen LogP contribution < -0.4 is 5.32 Å². The smallest absolute Gasteiger partial charge is 0.403 e. The Labute approximate surface area is 306 Å². The van der Waals surface area contributed by atoms with Gasteiger partial charge in [0.05, 0.1) is 17.8 Å². The predicted molar refractivity (Wildman–Crippen MR) is 189 cm³/mol. The third-order valence-electron chi connectivity index (χ3n) is 11.1. The van der Waals surface area contributed by atoms with E-state index in [1.54, 1.807) is 30.5 Å². The van der Waals surface area contributed by atoms with E-state index in [0.717, 1.165) is 28.8 Å². The molecule has 2 amide bonds. The average Bonchev–Trinajstić information content (AvgIpc) is 3.99. The lowest BCUT2D eigenvalue weighted by Gasteiger charge is -2.42. The summed E-state index contributed by atoms with van der Waals surface area (Å²) in [6.45, 7) is 0.252. The Kier molecular flexibility index (Phi) is 10.1. The van der Waals surface area contributed by atoms with Crippen molar-refractivity contribution in [3.8, 4) is 11.3 Å². The highest BCUT2D eigenvalue weighted by Crippen LogP contribution is 2.47. The molecule has 1 atom stereocenters. The van der Waals surface area contributed by atoms with E-state index in [1.165, 1.54) is 12.8 Å². The first kappa shape index (κ1) is 37.6. The summed E-state index contributed by atoms with van der Waals surface area (Å²) in [4.78, 5) is 49.4. The standard InChI is InChI=1S/C39H39F6N5O4/c40-38(41,42)23-48-15-13-37(14-16-48,39(43,44)45)36(54)47-32(35(52)53)21-24-5-3-9-27-26(24)8-4-10-30(27)33-29-7-2-1-6-28(29)31(22-46-33)34(51)50-19-17-49(18-20-50)25-11-12-25/h1-10,22,25,32H,11-21,23H2,(H,47,54)(H,52,53)/t32-/m0/s1. The van der Waals surface area contributed by atoms with Crippen molar-refractivity contribution in [2.75, 3.05) is 45.8 Å². The monoisotopic (exact) mass is 755 g/mol. The molecule has 3 fully saturated rings. The molecule has 0 spiro atoms. The van der Waals surface area contributed by atoms with Crippen molar-refractivity contribution in [1.82, 2.24) is 25.0 Å². The van der Waals surface area contributed by atoms with Crippen molar-refractivity contribution in [2.24, 2.45) is 5.41 Å². The van der Waals surface area contributed by atoms with Crippen molar-refractivity contribution >= 4 is 39.3 Å². The number of nitrogens with zero attached hydrogens (tertiary/aromatic N) is 4. The van der Waals surface area contributed by atoms with Gasteiger partial charge < -0.3 is 15.3 Å². The molecule has 3 aliphatic rings. The Morgan fingerprint density at radius 2 is 1.44 bits per heavy atom. The number of nitrogens with one attached hydrogen (secondary N) is 1. The van der Waals surface area contributed by atoms with E-state index in [-0.39, 0.29) is 12.3 Å². The fourth-order valence-electron chi connectivity index (χ4n) is 7.94. The molecule has 2 aliphatic heterocycles. The fourth-order valence-corrected chi connectivity index (χ4v) is 7.94. The second-order valence-corrected chi connectivity index (χ2v) is 14.5. The van der Waals surface area contributed by atoms with Gasteiger partial charge >= 0.3 is 18.3 Å². The largest absolute Gasteiger partial charge is 0.480 e. The number of piperazine rings is 1. The Morgan fingerprint density at radius 1 is 0.815 bits per heavy atom. The summed E-state index contributed by atoms with van der Waals surface area (Å²) in [5.41, 5.74) is -0.863. The number of halogens is 6. The maximum absolute atomic E-state index is 14.4. The zero-order valence-corrected chi connectivity index (χ0v) is 29.2. The lowest BCUT2D eigenvalue weighted by atomic mass is 9.76. The maximum atomic E-state index is 14.4. The molecule has 0 bridgehead atoms. The zero-order valence-electron chi connectivity index (χ0n) is 29.2. The van der Waals surface area contributed by atoms with Crippen LogP contribution in [0, 0.1) is 5.41 Å². The van der Waals surface area contributed by atoms with Gasteiger partial charge in [0.1, 0.15) is 11.5 Å². The van der Waals surface area contributed by atoms with Crippen LogP contribution in [0.15, 0.2) is 66.9 Å². The molecule has 0 radical (unpaired) electrons. The van der Waals surface area contributed by atoms with Crippen molar-refractivity contribution in [3.63, 3.8) is 0 Å². The number of alkyl halides is 6. The van der Waals surface area contributed by atoms with E-state index in [0.29, 0.717) is 52.3 Å². The number of rotatable bonds is 9. The Balaban J connectivity index is 1.15. The van der Waals surface area contributed by atoms with Crippen LogP contribution in [-0.4, -0.2) is 113 Å². The molecule has 286 valence electrons. The fraction of sp³-hybridized carbons (Fsp3) is 0.436. The number of carbonyl (C=O) groups is 3. The second-order valence-electron chi connectivity index (χ2n) is 14.5.